The molecule has 0 radical (unpaired) electrons. The molecule has 3 rings (SSSR count). The molecule has 0 aliphatic carbocycles. The van der Waals surface area contributed by atoms with Crippen molar-refractivity contribution in [1.82, 2.24) is 19.5 Å². The number of anilines is 1. The van der Waals surface area contributed by atoms with E-state index in [0.717, 1.165) is 23.3 Å². The van der Waals surface area contributed by atoms with Gasteiger partial charge in [-0.25, -0.2) is 9.50 Å². The first-order chi connectivity index (χ1) is 10.2. The summed E-state index contributed by atoms with van der Waals surface area (Å²) in [6.45, 7) is 8.01. The van der Waals surface area contributed by atoms with Gasteiger partial charge >= 0.3 is 0 Å². The number of fused-ring (bicyclic) bond motifs is 1. The Morgan fingerprint density at radius 2 is 2.33 bits per heavy atom. The maximum atomic E-state index is 4.53. The number of likely N-dealkylation sites (tertiary alicyclic amines) is 1. The van der Waals surface area contributed by atoms with Crippen molar-refractivity contribution in [3.63, 3.8) is 0 Å². The van der Waals surface area contributed by atoms with Crippen molar-refractivity contribution in [2.45, 2.75) is 31.6 Å². The summed E-state index contributed by atoms with van der Waals surface area (Å²) >= 11 is 2.04. The van der Waals surface area contributed by atoms with Crippen molar-refractivity contribution in [3.05, 3.63) is 24.5 Å². The lowest BCUT2D eigenvalue weighted by molar-refractivity contribution is 0.358. The van der Waals surface area contributed by atoms with Crippen LogP contribution in [0.5, 0.6) is 0 Å². The van der Waals surface area contributed by atoms with Crippen molar-refractivity contribution < 1.29 is 0 Å². The molecule has 1 aliphatic heterocycles. The van der Waals surface area contributed by atoms with Crippen molar-refractivity contribution in [2.75, 3.05) is 30.7 Å². The summed E-state index contributed by atoms with van der Waals surface area (Å²) in [5.74, 6) is 2.16. The summed E-state index contributed by atoms with van der Waals surface area (Å²) in [5.41, 5.74) is 0.888. The first-order valence-electron chi connectivity index (χ1n) is 7.61. The van der Waals surface area contributed by atoms with Crippen LogP contribution >= 0.6 is 11.8 Å². The minimum Gasteiger partial charge on any atom is -0.365 e. The van der Waals surface area contributed by atoms with Crippen LogP contribution in [0, 0.1) is 0 Å². The van der Waals surface area contributed by atoms with Gasteiger partial charge in [0.2, 0.25) is 0 Å². The number of rotatable bonds is 6. The van der Waals surface area contributed by atoms with Crippen LogP contribution in [0.25, 0.3) is 5.65 Å². The monoisotopic (exact) mass is 305 g/mol. The average Bonchev–Trinajstić information content (AvgIpc) is 3.07. The van der Waals surface area contributed by atoms with Gasteiger partial charge < -0.3 is 10.2 Å². The maximum absolute atomic E-state index is 4.53. The van der Waals surface area contributed by atoms with Gasteiger partial charge in [0.15, 0.2) is 5.65 Å². The SMILES string of the molecule is CC(C)SCCN1CCC(Nc2ccc3nccn3n2)C1. The van der Waals surface area contributed by atoms with E-state index in [4.69, 9.17) is 0 Å². The predicted molar refractivity (Wildman–Crippen MR) is 89.0 cm³/mol. The van der Waals surface area contributed by atoms with Crippen LogP contribution < -0.4 is 5.32 Å². The van der Waals surface area contributed by atoms with E-state index in [-0.39, 0.29) is 0 Å². The van der Waals surface area contributed by atoms with Gasteiger partial charge in [-0.1, -0.05) is 13.8 Å². The van der Waals surface area contributed by atoms with Gasteiger partial charge in [-0.05, 0) is 23.8 Å². The molecule has 0 bridgehead atoms. The third-order valence-electron chi connectivity index (χ3n) is 3.74. The fourth-order valence-corrected chi connectivity index (χ4v) is 3.51. The fraction of sp³-hybridized carbons (Fsp3) is 0.600. The number of hydrogen-bond acceptors (Lipinski definition) is 5. The Kier molecular flexibility index (Phi) is 4.65. The summed E-state index contributed by atoms with van der Waals surface area (Å²) in [6, 6.07) is 4.52. The minimum absolute atomic E-state index is 0.502. The molecule has 6 heteroatoms. The summed E-state index contributed by atoms with van der Waals surface area (Å²) in [5, 5.41) is 8.80. The predicted octanol–water partition coefficient (Wildman–Crippen LogP) is 2.36. The highest BCUT2D eigenvalue weighted by Crippen LogP contribution is 2.16. The van der Waals surface area contributed by atoms with E-state index < -0.39 is 0 Å². The lowest BCUT2D eigenvalue weighted by atomic mass is 10.2. The molecule has 2 aromatic rings. The molecule has 1 saturated heterocycles. The van der Waals surface area contributed by atoms with Gasteiger partial charge in [-0.3, -0.25) is 0 Å². The van der Waals surface area contributed by atoms with Crippen LogP contribution in [0.15, 0.2) is 24.5 Å². The summed E-state index contributed by atoms with van der Waals surface area (Å²) in [6.07, 6.45) is 4.84. The van der Waals surface area contributed by atoms with Crippen molar-refractivity contribution in [1.29, 1.82) is 0 Å². The molecule has 1 atom stereocenters. The number of hydrogen-bond donors (Lipinski definition) is 1. The Labute approximate surface area is 130 Å². The summed E-state index contributed by atoms with van der Waals surface area (Å²) < 4.78 is 1.81. The van der Waals surface area contributed by atoms with Crippen LogP contribution in [-0.4, -0.2) is 56.2 Å². The molecule has 0 aromatic carbocycles. The van der Waals surface area contributed by atoms with Crippen LogP contribution in [0.1, 0.15) is 20.3 Å². The molecule has 0 saturated carbocycles. The van der Waals surface area contributed by atoms with E-state index in [2.05, 4.69) is 34.1 Å². The van der Waals surface area contributed by atoms with E-state index in [0.29, 0.717) is 6.04 Å². The Hall–Kier alpha value is -1.27. The molecule has 5 nitrogen and oxygen atoms in total. The molecule has 1 N–H and O–H groups in total. The van der Waals surface area contributed by atoms with Gasteiger partial charge in [0, 0.05) is 43.8 Å². The largest absolute Gasteiger partial charge is 0.365 e. The number of aromatic nitrogens is 3. The van der Waals surface area contributed by atoms with Crippen molar-refractivity contribution >= 4 is 23.2 Å². The standard InChI is InChI=1S/C15H23N5S/c1-12(2)21-10-9-19-7-5-13(11-19)17-14-3-4-15-16-6-8-20(15)18-14/h3-4,6,8,12-13H,5,7,9-11H2,1-2H3,(H,17,18). The van der Waals surface area contributed by atoms with Crippen molar-refractivity contribution in [3.8, 4) is 0 Å². The number of nitrogens with one attached hydrogen (secondary N) is 1. The molecular weight excluding hydrogens is 282 g/mol. The van der Waals surface area contributed by atoms with E-state index in [1.807, 2.05) is 34.6 Å². The average molecular weight is 305 g/mol. The molecule has 1 unspecified atom stereocenters. The van der Waals surface area contributed by atoms with Crippen LogP contribution in [0.4, 0.5) is 5.82 Å². The van der Waals surface area contributed by atoms with E-state index in [1.54, 1.807) is 6.20 Å². The molecule has 2 aromatic heterocycles. The van der Waals surface area contributed by atoms with Crippen LogP contribution in [0.3, 0.4) is 0 Å². The lowest BCUT2D eigenvalue weighted by Gasteiger charge is -2.17. The smallest absolute Gasteiger partial charge is 0.153 e. The third-order valence-corrected chi connectivity index (χ3v) is 4.82. The minimum atomic E-state index is 0.502. The zero-order valence-electron chi connectivity index (χ0n) is 12.7. The highest BCUT2D eigenvalue weighted by atomic mass is 32.2. The molecule has 0 amide bonds. The van der Waals surface area contributed by atoms with Crippen LogP contribution in [0.2, 0.25) is 0 Å². The Morgan fingerprint density at radius 3 is 3.19 bits per heavy atom. The normalized spacial score (nSPS) is 19.7. The fourth-order valence-electron chi connectivity index (χ4n) is 2.67. The summed E-state index contributed by atoms with van der Waals surface area (Å²) in [4.78, 5) is 6.76. The second-order valence-corrected chi connectivity index (χ2v) is 7.48. The first-order valence-corrected chi connectivity index (χ1v) is 8.66. The molecule has 1 aliphatic rings. The Balaban J connectivity index is 1.49. The molecule has 3 heterocycles. The number of thioether (sulfide) groups is 1. The van der Waals surface area contributed by atoms with Gasteiger partial charge in [0.1, 0.15) is 5.82 Å². The first kappa shape index (κ1) is 14.7. The van der Waals surface area contributed by atoms with E-state index >= 15 is 0 Å². The van der Waals surface area contributed by atoms with Crippen molar-refractivity contribution in [2.24, 2.45) is 0 Å². The maximum Gasteiger partial charge on any atom is 0.153 e. The number of nitrogens with zero attached hydrogens (tertiary/aromatic N) is 4. The van der Waals surface area contributed by atoms with Crippen LogP contribution in [-0.2, 0) is 0 Å². The lowest BCUT2D eigenvalue weighted by Crippen LogP contribution is -2.28. The Bertz CT molecular complexity index is 582. The topological polar surface area (TPSA) is 45.5 Å². The highest BCUT2D eigenvalue weighted by molar-refractivity contribution is 7.99. The van der Waals surface area contributed by atoms with E-state index in [9.17, 15) is 0 Å². The molecular formula is C15H23N5S. The second kappa shape index (κ2) is 6.66. The molecule has 0 spiro atoms. The molecule has 114 valence electrons. The van der Waals surface area contributed by atoms with Gasteiger partial charge in [0.05, 0.1) is 0 Å². The highest BCUT2D eigenvalue weighted by Gasteiger charge is 2.22. The van der Waals surface area contributed by atoms with Gasteiger partial charge in [-0.15, -0.1) is 5.10 Å². The summed E-state index contributed by atoms with van der Waals surface area (Å²) in [7, 11) is 0. The Morgan fingerprint density at radius 1 is 1.43 bits per heavy atom. The zero-order valence-corrected chi connectivity index (χ0v) is 13.5. The van der Waals surface area contributed by atoms with Gasteiger partial charge in [-0.2, -0.15) is 11.8 Å². The zero-order chi connectivity index (χ0) is 14.7. The third kappa shape index (κ3) is 3.89. The molecule has 21 heavy (non-hydrogen) atoms. The van der Waals surface area contributed by atoms with Gasteiger partial charge in [0.25, 0.3) is 0 Å². The second-order valence-electron chi connectivity index (χ2n) is 5.80. The quantitative estimate of drug-likeness (QED) is 0.887. The molecule has 1 fully saturated rings. The van der Waals surface area contributed by atoms with E-state index in [1.165, 1.54) is 25.3 Å². The number of imidazole rings is 1.